The van der Waals surface area contributed by atoms with Crippen LogP contribution in [0.5, 0.6) is 0 Å². The van der Waals surface area contributed by atoms with Crippen LogP contribution in [0.15, 0.2) is 24.3 Å². The molecule has 2 saturated carbocycles. The highest BCUT2D eigenvalue weighted by Gasteiger charge is 2.35. The summed E-state index contributed by atoms with van der Waals surface area (Å²) < 4.78 is 2.00. The van der Waals surface area contributed by atoms with Crippen molar-refractivity contribution in [2.24, 2.45) is 11.3 Å². The number of hydrogen-bond acceptors (Lipinski definition) is 3. The van der Waals surface area contributed by atoms with Crippen molar-refractivity contribution in [3.63, 3.8) is 0 Å². The zero-order chi connectivity index (χ0) is 22.0. The van der Waals surface area contributed by atoms with Gasteiger partial charge in [0, 0.05) is 18.0 Å². The number of nitrogens with one attached hydrogen (secondary N) is 2. The van der Waals surface area contributed by atoms with Gasteiger partial charge in [0.25, 0.3) is 5.91 Å². The van der Waals surface area contributed by atoms with Gasteiger partial charge in [-0.3, -0.25) is 14.3 Å². The molecule has 0 saturated heterocycles. The molecule has 6 heteroatoms. The number of rotatable bonds is 6. The topological polar surface area (TPSA) is 76.0 Å². The molecule has 2 N–H and O–H groups in total. The summed E-state index contributed by atoms with van der Waals surface area (Å²) in [6.07, 6.45) is 9.52. The molecule has 2 aliphatic carbocycles. The molecule has 0 aliphatic heterocycles. The maximum Gasteiger partial charge on any atom is 0.273 e. The summed E-state index contributed by atoms with van der Waals surface area (Å²) in [7, 11) is 0. The summed E-state index contributed by atoms with van der Waals surface area (Å²) in [4.78, 5) is 26.3. The molecule has 0 radical (unpaired) electrons. The first-order chi connectivity index (χ1) is 14.8. The molecule has 2 aliphatic rings. The third kappa shape index (κ3) is 4.94. The number of carbonyl (C=O) groups excluding carboxylic acids is 2. The van der Waals surface area contributed by atoms with Crippen LogP contribution < -0.4 is 10.6 Å². The predicted octanol–water partition coefficient (Wildman–Crippen LogP) is 4.43. The van der Waals surface area contributed by atoms with Gasteiger partial charge in [-0.05, 0) is 49.5 Å². The first kappa shape index (κ1) is 21.8. The molecule has 31 heavy (non-hydrogen) atoms. The van der Waals surface area contributed by atoms with Gasteiger partial charge in [-0.25, -0.2) is 0 Å². The van der Waals surface area contributed by atoms with Crippen molar-refractivity contribution in [2.75, 3.05) is 0 Å². The van der Waals surface area contributed by atoms with Crippen LogP contribution in [0.3, 0.4) is 0 Å². The van der Waals surface area contributed by atoms with Crippen LogP contribution in [0.1, 0.15) is 82.6 Å². The van der Waals surface area contributed by atoms with E-state index in [4.69, 9.17) is 5.10 Å². The Labute approximate surface area is 185 Å². The van der Waals surface area contributed by atoms with Crippen LogP contribution in [-0.2, 0) is 11.3 Å². The van der Waals surface area contributed by atoms with Crippen molar-refractivity contribution in [2.45, 2.75) is 90.8 Å². The molecule has 1 aromatic heterocycles. The predicted molar refractivity (Wildman–Crippen MR) is 123 cm³/mol. The average Bonchev–Trinajstić information content (AvgIpc) is 3.07. The lowest BCUT2D eigenvalue weighted by Gasteiger charge is -2.34. The lowest BCUT2D eigenvalue weighted by molar-refractivity contribution is -0.126. The fraction of sp³-hybridized carbons (Fsp3) is 0.640. The van der Waals surface area contributed by atoms with Gasteiger partial charge in [0.05, 0.1) is 5.52 Å². The van der Waals surface area contributed by atoms with Gasteiger partial charge in [0.2, 0.25) is 5.91 Å². The number of hydrogen-bond donors (Lipinski definition) is 2. The Morgan fingerprint density at radius 1 is 1.06 bits per heavy atom. The molecule has 6 nitrogen and oxygen atoms in total. The summed E-state index contributed by atoms with van der Waals surface area (Å²) in [6.45, 7) is 6.80. The van der Waals surface area contributed by atoms with E-state index in [0.717, 1.165) is 36.7 Å². The fourth-order valence-corrected chi connectivity index (χ4v) is 4.76. The van der Waals surface area contributed by atoms with Gasteiger partial charge in [0.15, 0.2) is 5.69 Å². The molecule has 0 spiro atoms. The monoisotopic (exact) mass is 424 g/mol. The van der Waals surface area contributed by atoms with E-state index in [1.807, 2.05) is 49.7 Å². The summed E-state index contributed by atoms with van der Waals surface area (Å²) >= 11 is 0. The van der Waals surface area contributed by atoms with Crippen molar-refractivity contribution in [3.05, 3.63) is 30.0 Å². The van der Waals surface area contributed by atoms with Crippen molar-refractivity contribution < 1.29 is 9.59 Å². The van der Waals surface area contributed by atoms with E-state index in [1.165, 1.54) is 32.1 Å². The zero-order valence-corrected chi connectivity index (χ0v) is 19.1. The van der Waals surface area contributed by atoms with Crippen LogP contribution in [-0.4, -0.2) is 33.7 Å². The molecule has 1 atom stereocenters. The minimum absolute atomic E-state index is 0.100. The summed E-state index contributed by atoms with van der Waals surface area (Å²) in [5.74, 6) is 0.238. The Bertz CT molecular complexity index is 933. The number of fused-ring (bicyclic) bond motifs is 1. The Morgan fingerprint density at radius 3 is 2.42 bits per heavy atom. The van der Waals surface area contributed by atoms with E-state index in [-0.39, 0.29) is 17.9 Å². The van der Waals surface area contributed by atoms with E-state index in [0.29, 0.717) is 11.6 Å². The van der Waals surface area contributed by atoms with Gasteiger partial charge in [-0.15, -0.1) is 0 Å². The lowest BCUT2D eigenvalue weighted by atomic mass is 9.85. The van der Waals surface area contributed by atoms with Crippen LogP contribution >= 0.6 is 0 Å². The van der Waals surface area contributed by atoms with Gasteiger partial charge in [0.1, 0.15) is 6.04 Å². The van der Waals surface area contributed by atoms with Crippen LogP contribution in [0.4, 0.5) is 0 Å². The van der Waals surface area contributed by atoms with E-state index in [9.17, 15) is 9.59 Å². The first-order valence-corrected chi connectivity index (χ1v) is 11.9. The Balaban J connectivity index is 1.56. The van der Waals surface area contributed by atoms with E-state index in [2.05, 4.69) is 10.6 Å². The quantitative estimate of drug-likeness (QED) is 0.720. The Hall–Kier alpha value is -2.37. The van der Waals surface area contributed by atoms with E-state index >= 15 is 0 Å². The van der Waals surface area contributed by atoms with Crippen molar-refractivity contribution in [1.82, 2.24) is 20.4 Å². The molecule has 0 unspecified atom stereocenters. The largest absolute Gasteiger partial charge is 0.352 e. The van der Waals surface area contributed by atoms with Gasteiger partial charge in [-0.1, -0.05) is 58.2 Å². The molecular formula is C25H36N4O2. The summed E-state index contributed by atoms with van der Waals surface area (Å²) in [5.41, 5.74) is 1.01. The lowest BCUT2D eigenvalue weighted by Crippen LogP contribution is -2.56. The van der Waals surface area contributed by atoms with Crippen molar-refractivity contribution in [3.8, 4) is 0 Å². The fourth-order valence-electron chi connectivity index (χ4n) is 4.76. The van der Waals surface area contributed by atoms with E-state index < -0.39 is 11.5 Å². The molecule has 2 aromatic rings. The van der Waals surface area contributed by atoms with Crippen LogP contribution in [0.2, 0.25) is 0 Å². The minimum Gasteiger partial charge on any atom is -0.352 e. The highest BCUT2D eigenvalue weighted by Crippen LogP contribution is 2.28. The SMILES string of the molecule is CC(C)(C)[C@H](NC(=O)c1nn(CC2CCCCC2)c2ccccc12)C(=O)NC1CCC1. The van der Waals surface area contributed by atoms with E-state index in [1.54, 1.807) is 0 Å². The van der Waals surface area contributed by atoms with Crippen molar-refractivity contribution in [1.29, 1.82) is 0 Å². The second-order valence-corrected chi connectivity index (χ2v) is 10.5. The molecule has 2 fully saturated rings. The standard InChI is InChI=1S/C25H36N4O2/c1-25(2,3)22(24(31)26-18-12-9-13-18)27-23(30)21-19-14-7-8-15-20(19)29(28-21)16-17-10-5-4-6-11-17/h7-8,14-15,17-18,22H,4-6,9-13,16H2,1-3H3,(H,26,31)(H,27,30)/t22-/m1/s1. The number of nitrogens with zero attached hydrogens (tertiary/aromatic N) is 2. The molecule has 4 rings (SSSR count). The third-order valence-electron chi connectivity index (χ3n) is 6.88. The second kappa shape index (κ2) is 9.01. The number of benzene rings is 1. The first-order valence-electron chi connectivity index (χ1n) is 11.9. The maximum atomic E-state index is 13.3. The highest BCUT2D eigenvalue weighted by molar-refractivity contribution is 6.06. The Kier molecular flexibility index (Phi) is 6.35. The second-order valence-electron chi connectivity index (χ2n) is 10.5. The molecule has 168 valence electrons. The minimum atomic E-state index is -0.608. The van der Waals surface area contributed by atoms with Gasteiger partial charge < -0.3 is 10.6 Å². The Morgan fingerprint density at radius 2 is 1.77 bits per heavy atom. The molecule has 1 heterocycles. The maximum absolute atomic E-state index is 13.3. The number of carbonyl (C=O) groups is 2. The van der Waals surface area contributed by atoms with Crippen LogP contribution in [0.25, 0.3) is 10.9 Å². The highest BCUT2D eigenvalue weighted by atomic mass is 16.2. The summed E-state index contributed by atoms with van der Waals surface area (Å²) in [5, 5.41) is 11.7. The summed E-state index contributed by atoms with van der Waals surface area (Å²) in [6, 6.07) is 7.55. The smallest absolute Gasteiger partial charge is 0.273 e. The normalized spacial score (nSPS) is 19.1. The molecule has 2 amide bonds. The van der Waals surface area contributed by atoms with Crippen LogP contribution in [0, 0.1) is 11.3 Å². The molecule has 0 bridgehead atoms. The van der Waals surface area contributed by atoms with Gasteiger partial charge in [-0.2, -0.15) is 5.10 Å². The zero-order valence-electron chi connectivity index (χ0n) is 19.1. The average molecular weight is 425 g/mol. The number of aromatic nitrogens is 2. The third-order valence-corrected chi connectivity index (χ3v) is 6.88. The number of amides is 2. The van der Waals surface area contributed by atoms with Crippen molar-refractivity contribution >= 4 is 22.7 Å². The van der Waals surface area contributed by atoms with Gasteiger partial charge >= 0.3 is 0 Å². The number of para-hydroxylation sites is 1. The molecule has 1 aromatic carbocycles. The molecular weight excluding hydrogens is 388 g/mol.